The van der Waals surface area contributed by atoms with Crippen molar-refractivity contribution in [2.24, 2.45) is 5.10 Å². The number of nitrogens with one attached hydrogen (secondary N) is 1. The van der Waals surface area contributed by atoms with Gasteiger partial charge in [-0.25, -0.2) is 0 Å². The number of nitrogens with zero attached hydrogens (tertiary/aromatic N) is 3. The lowest BCUT2D eigenvalue weighted by atomic mass is 10.2. The van der Waals surface area contributed by atoms with Crippen LogP contribution in [0.2, 0.25) is 0 Å². The van der Waals surface area contributed by atoms with Gasteiger partial charge in [0.2, 0.25) is 4.77 Å². The van der Waals surface area contributed by atoms with Crippen LogP contribution in [0, 0.1) is 4.77 Å². The number of hydrogen-bond acceptors (Lipinski definition) is 5. The molecular weight excluding hydrogens is 240 g/mol. The van der Waals surface area contributed by atoms with Gasteiger partial charge in [0.1, 0.15) is 6.33 Å². The molecule has 88 valence electrons. The summed E-state index contributed by atoms with van der Waals surface area (Å²) in [5.74, 6) is 0.429. The van der Waals surface area contributed by atoms with Crippen LogP contribution in [0.25, 0.3) is 0 Å². The Hall–Kier alpha value is -2.15. The van der Waals surface area contributed by atoms with Crippen molar-refractivity contribution < 1.29 is 9.84 Å². The molecule has 0 bridgehead atoms. The smallest absolute Gasteiger partial charge is 0.216 e. The number of hydrogen-bond donors (Lipinski definition) is 2. The molecule has 6 nitrogen and oxygen atoms in total. The Morgan fingerprint density at radius 3 is 3.06 bits per heavy atom. The van der Waals surface area contributed by atoms with E-state index in [1.807, 2.05) is 0 Å². The highest BCUT2D eigenvalue weighted by molar-refractivity contribution is 7.71. The molecule has 0 aliphatic heterocycles. The predicted molar refractivity (Wildman–Crippen MR) is 65.1 cm³/mol. The number of benzene rings is 1. The van der Waals surface area contributed by atoms with E-state index < -0.39 is 0 Å². The number of para-hydroxylation sites is 1. The topological polar surface area (TPSA) is 75.4 Å². The number of rotatable bonds is 3. The molecule has 0 atom stereocenters. The minimum Gasteiger partial charge on any atom is -0.504 e. The van der Waals surface area contributed by atoms with Crippen LogP contribution in [0.1, 0.15) is 5.56 Å². The van der Waals surface area contributed by atoms with Crippen LogP contribution in [0.3, 0.4) is 0 Å². The summed E-state index contributed by atoms with van der Waals surface area (Å²) in [6.07, 6.45) is 2.92. The van der Waals surface area contributed by atoms with Crippen molar-refractivity contribution in [2.45, 2.75) is 0 Å². The SMILES string of the molecule is COc1cccc(/C=N/n2cn[nH]c2=S)c1O. The largest absolute Gasteiger partial charge is 0.504 e. The van der Waals surface area contributed by atoms with E-state index in [-0.39, 0.29) is 5.75 Å². The Labute approximate surface area is 102 Å². The van der Waals surface area contributed by atoms with Gasteiger partial charge in [-0.1, -0.05) is 6.07 Å². The zero-order valence-corrected chi connectivity index (χ0v) is 9.81. The van der Waals surface area contributed by atoms with Crippen molar-refractivity contribution in [1.29, 1.82) is 0 Å². The summed E-state index contributed by atoms with van der Waals surface area (Å²) in [6, 6.07) is 5.13. The lowest BCUT2D eigenvalue weighted by Crippen LogP contribution is -1.91. The first-order valence-electron chi connectivity index (χ1n) is 4.74. The molecule has 0 saturated heterocycles. The summed E-state index contributed by atoms with van der Waals surface area (Å²) in [5, 5.41) is 20.2. The number of aromatic hydroxyl groups is 1. The van der Waals surface area contributed by atoms with Crippen LogP contribution in [-0.2, 0) is 0 Å². The summed E-state index contributed by atoms with van der Waals surface area (Å²) in [4.78, 5) is 0. The molecule has 1 aromatic carbocycles. The molecule has 2 aromatic rings. The summed E-state index contributed by atoms with van der Waals surface area (Å²) < 4.78 is 6.75. The first-order valence-corrected chi connectivity index (χ1v) is 5.15. The Morgan fingerprint density at radius 1 is 1.59 bits per heavy atom. The lowest BCUT2D eigenvalue weighted by Gasteiger charge is -2.04. The van der Waals surface area contributed by atoms with Gasteiger partial charge in [0, 0.05) is 5.56 Å². The fraction of sp³-hybridized carbons (Fsp3) is 0.100. The van der Waals surface area contributed by atoms with Crippen LogP contribution in [0.5, 0.6) is 11.5 Å². The molecule has 0 amide bonds. The normalized spacial score (nSPS) is 10.9. The van der Waals surface area contributed by atoms with Crippen LogP contribution in [-0.4, -0.2) is 33.3 Å². The van der Waals surface area contributed by atoms with E-state index in [1.165, 1.54) is 24.3 Å². The van der Waals surface area contributed by atoms with Gasteiger partial charge in [-0.2, -0.15) is 14.9 Å². The maximum Gasteiger partial charge on any atom is 0.216 e. The molecule has 0 saturated carbocycles. The van der Waals surface area contributed by atoms with E-state index in [0.717, 1.165) is 0 Å². The fourth-order valence-electron chi connectivity index (χ4n) is 1.26. The Kier molecular flexibility index (Phi) is 3.20. The van der Waals surface area contributed by atoms with Crippen molar-refractivity contribution in [3.05, 3.63) is 34.9 Å². The van der Waals surface area contributed by atoms with Gasteiger partial charge in [-0.15, -0.1) is 0 Å². The van der Waals surface area contributed by atoms with E-state index in [0.29, 0.717) is 16.1 Å². The van der Waals surface area contributed by atoms with E-state index in [1.54, 1.807) is 18.2 Å². The average Bonchev–Trinajstić information content (AvgIpc) is 2.74. The molecule has 7 heteroatoms. The van der Waals surface area contributed by atoms with Gasteiger partial charge in [0.05, 0.1) is 13.3 Å². The summed E-state index contributed by atoms with van der Waals surface area (Å²) in [5.41, 5.74) is 0.535. The van der Waals surface area contributed by atoms with E-state index in [2.05, 4.69) is 15.3 Å². The highest BCUT2D eigenvalue weighted by Gasteiger charge is 2.04. The number of methoxy groups -OCH3 is 1. The minimum absolute atomic E-state index is 0.0359. The van der Waals surface area contributed by atoms with E-state index in [9.17, 15) is 5.11 Å². The zero-order chi connectivity index (χ0) is 12.3. The number of H-pyrrole nitrogens is 1. The van der Waals surface area contributed by atoms with Gasteiger partial charge in [-0.3, -0.25) is 5.10 Å². The van der Waals surface area contributed by atoms with Gasteiger partial charge in [0.25, 0.3) is 0 Å². The van der Waals surface area contributed by atoms with Crippen molar-refractivity contribution >= 4 is 18.4 Å². The highest BCUT2D eigenvalue weighted by atomic mass is 32.1. The Balaban J connectivity index is 2.34. The standard InChI is InChI=1S/C10H10N4O2S/c1-16-8-4-2-3-7(9(8)15)5-12-14-6-11-13-10(14)17/h2-6,15H,1H3,(H,13,17)/b12-5+. The molecule has 1 aromatic heterocycles. The second-order valence-corrected chi connectivity index (χ2v) is 3.54. The quantitative estimate of drug-likeness (QED) is 0.640. The van der Waals surface area contributed by atoms with Gasteiger partial charge >= 0.3 is 0 Å². The first kappa shape index (κ1) is 11.3. The van der Waals surface area contributed by atoms with Gasteiger partial charge < -0.3 is 9.84 Å². The van der Waals surface area contributed by atoms with Crippen LogP contribution >= 0.6 is 12.2 Å². The third kappa shape index (κ3) is 2.34. The zero-order valence-electron chi connectivity index (χ0n) is 8.99. The molecule has 2 rings (SSSR count). The summed E-state index contributed by atoms with van der Waals surface area (Å²) in [6.45, 7) is 0. The molecule has 0 spiro atoms. The third-order valence-electron chi connectivity index (χ3n) is 2.11. The van der Waals surface area contributed by atoms with Crippen molar-refractivity contribution in [2.75, 3.05) is 7.11 Å². The molecule has 17 heavy (non-hydrogen) atoms. The maximum atomic E-state index is 9.81. The minimum atomic E-state index is 0.0359. The fourth-order valence-corrected chi connectivity index (χ4v) is 1.40. The Bertz CT molecular complexity index is 602. The number of aromatic nitrogens is 3. The highest BCUT2D eigenvalue weighted by Crippen LogP contribution is 2.27. The van der Waals surface area contributed by atoms with Crippen molar-refractivity contribution in [1.82, 2.24) is 14.9 Å². The van der Waals surface area contributed by atoms with Crippen molar-refractivity contribution in [3.8, 4) is 11.5 Å². The maximum absolute atomic E-state index is 9.81. The van der Waals surface area contributed by atoms with Crippen LogP contribution < -0.4 is 4.74 Å². The predicted octanol–water partition coefficient (Wildman–Crippen LogP) is 1.54. The molecule has 0 aliphatic rings. The Morgan fingerprint density at radius 2 is 2.41 bits per heavy atom. The summed E-state index contributed by atoms with van der Waals surface area (Å²) in [7, 11) is 1.49. The number of phenols is 1. The molecule has 0 aliphatic carbocycles. The second kappa shape index (κ2) is 4.79. The van der Waals surface area contributed by atoms with Crippen LogP contribution in [0.15, 0.2) is 29.6 Å². The average molecular weight is 250 g/mol. The number of phenolic OH excluding ortho intramolecular Hbond substituents is 1. The van der Waals surface area contributed by atoms with Gasteiger partial charge in [0.15, 0.2) is 11.5 Å². The van der Waals surface area contributed by atoms with E-state index >= 15 is 0 Å². The first-order chi connectivity index (χ1) is 8.22. The molecule has 2 N–H and O–H groups in total. The lowest BCUT2D eigenvalue weighted by molar-refractivity contribution is 0.373. The van der Waals surface area contributed by atoms with Crippen LogP contribution in [0.4, 0.5) is 0 Å². The summed E-state index contributed by atoms with van der Waals surface area (Å²) >= 11 is 4.93. The monoisotopic (exact) mass is 250 g/mol. The molecule has 0 radical (unpaired) electrons. The molecular formula is C10H10N4O2S. The second-order valence-electron chi connectivity index (χ2n) is 3.15. The van der Waals surface area contributed by atoms with Crippen molar-refractivity contribution in [3.63, 3.8) is 0 Å². The third-order valence-corrected chi connectivity index (χ3v) is 2.39. The molecule has 1 heterocycles. The molecule has 0 fully saturated rings. The molecule has 0 unspecified atom stereocenters. The number of ether oxygens (including phenoxy) is 1. The van der Waals surface area contributed by atoms with Gasteiger partial charge in [-0.05, 0) is 24.4 Å². The number of aromatic amines is 1. The van der Waals surface area contributed by atoms with E-state index in [4.69, 9.17) is 17.0 Å².